The first-order valence-electron chi connectivity index (χ1n) is 4.89. The van der Waals surface area contributed by atoms with E-state index in [4.69, 9.17) is 11.6 Å². The average molecular weight is 228 g/mol. The summed E-state index contributed by atoms with van der Waals surface area (Å²) in [7, 11) is 0. The molecule has 1 fully saturated rings. The van der Waals surface area contributed by atoms with Crippen LogP contribution in [0.1, 0.15) is 5.56 Å². The second kappa shape index (κ2) is 5.06. The fraction of sp³-hybridized carbons (Fsp3) is 0.455. The van der Waals surface area contributed by atoms with Crippen molar-refractivity contribution in [3.8, 4) is 0 Å². The van der Waals surface area contributed by atoms with Crippen molar-refractivity contribution in [2.75, 3.05) is 24.6 Å². The number of hydrogen-bond acceptors (Lipinski definition) is 2. The highest BCUT2D eigenvalue weighted by Gasteiger charge is 2.09. The van der Waals surface area contributed by atoms with E-state index in [9.17, 15) is 0 Å². The van der Waals surface area contributed by atoms with E-state index in [1.54, 1.807) is 0 Å². The van der Waals surface area contributed by atoms with Gasteiger partial charge in [-0.1, -0.05) is 23.7 Å². The molecule has 1 nitrogen and oxygen atoms in total. The van der Waals surface area contributed by atoms with Crippen molar-refractivity contribution in [1.29, 1.82) is 0 Å². The van der Waals surface area contributed by atoms with E-state index in [2.05, 4.69) is 17.0 Å². The summed E-state index contributed by atoms with van der Waals surface area (Å²) in [5.41, 5.74) is 1.36. The third kappa shape index (κ3) is 2.91. The monoisotopic (exact) mass is 227 g/mol. The van der Waals surface area contributed by atoms with Gasteiger partial charge in [0.15, 0.2) is 0 Å². The molecule has 0 saturated carbocycles. The lowest BCUT2D eigenvalue weighted by Gasteiger charge is -2.26. The Bertz CT molecular complexity index is 280. The second-order valence-corrected chi connectivity index (χ2v) is 5.18. The highest BCUT2D eigenvalue weighted by Crippen LogP contribution is 2.14. The van der Waals surface area contributed by atoms with E-state index in [1.165, 1.54) is 30.2 Å². The zero-order valence-electron chi connectivity index (χ0n) is 8.08. The van der Waals surface area contributed by atoms with Crippen LogP contribution in [0, 0.1) is 0 Å². The van der Waals surface area contributed by atoms with Crippen LogP contribution in [0.5, 0.6) is 0 Å². The van der Waals surface area contributed by atoms with E-state index in [0.717, 1.165) is 11.6 Å². The zero-order chi connectivity index (χ0) is 9.80. The molecule has 0 amide bonds. The van der Waals surface area contributed by atoms with Gasteiger partial charge in [-0.2, -0.15) is 11.8 Å². The summed E-state index contributed by atoms with van der Waals surface area (Å²) in [6, 6.07) is 8.17. The van der Waals surface area contributed by atoms with Crippen molar-refractivity contribution in [2.24, 2.45) is 0 Å². The third-order valence-corrected chi connectivity index (χ3v) is 3.62. The molecule has 76 valence electrons. The molecule has 0 unspecified atom stereocenters. The number of benzene rings is 1. The number of halogens is 1. The quantitative estimate of drug-likeness (QED) is 0.765. The van der Waals surface area contributed by atoms with Gasteiger partial charge in [0.1, 0.15) is 0 Å². The maximum atomic E-state index is 5.84. The first-order chi connectivity index (χ1) is 6.84. The van der Waals surface area contributed by atoms with Crippen molar-refractivity contribution in [2.45, 2.75) is 6.54 Å². The van der Waals surface area contributed by atoms with Gasteiger partial charge in [0.2, 0.25) is 0 Å². The predicted octanol–water partition coefficient (Wildman–Crippen LogP) is 2.89. The van der Waals surface area contributed by atoms with E-state index in [-0.39, 0.29) is 0 Å². The first kappa shape index (κ1) is 10.3. The van der Waals surface area contributed by atoms with Crippen LogP contribution in [0.15, 0.2) is 24.3 Å². The van der Waals surface area contributed by atoms with E-state index < -0.39 is 0 Å². The van der Waals surface area contributed by atoms with Crippen molar-refractivity contribution >= 4 is 23.4 Å². The van der Waals surface area contributed by atoms with E-state index >= 15 is 0 Å². The van der Waals surface area contributed by atoms with Crippen LogP contribution >= 0.6 is 23.4 Å². The molecule has 1 saturated heterocycles. The summed E-state index contributed by atoms with van der Waals surface area (Å²) in [5, 5.41) is 0.822. The minimum Gasteiger partial charge on any atom is -0.297 e. The average Bonchev–Trinajstić information content (AvgIpc) is 2.23. The highest BCUT2D eigenvalue weighted by molar-refractivity contribution is 7.99. The Morgan fingerprint density at radius 3 is 2.43 bits per heavy atom. The molecule has 0 radical (unpaired) electrons. The fourth-order valence-corrected chi connectivity index (χ4v) is 2.71. The predicted molar refractivity (Wildman–Crippen MR) is 64.1 cm³/mol. The molecule has 3 heteroatoms. The molecular weight excluding hydrogens is 214 g/mol. The normalized spacial score (nSPS) is 18.4. The van der Waals surface area contributed by atoms with Crippen molar-refractivity contribution in [1.82, 2.24) is 4.90 Å². The lowest BCUT2D eigenvalue weighted by molar-refractivity contribution is 0.294. The summed E-state index contributed by atoms with van der Waals surface area (Å²) < 4.78 is 0. The molecule has 0 aromatic heterocycles. The zero-order valence-corrected chi connectivity index (χ0v) is 9.65. The fourth-order valence-electron chi connectivity index (χ4n) is 1.61. The van der Waals surface area contributed by atoms with Crippen molar-refractivity contribution in [3.05, 3.63) is 34.9 Å². The Morgan fingerprint density at radius 1 is 1.14 bits per heavy atom. The molecule has 1 aromatic carbocycles. The Balaban J connectivity index is 1.92. The largest absolute Gasteiger partial charge is 0.297 e. The minimum absolute atomic E-state index is 0.822. The summed E-state index contributed by atoms with van der Waals surface area (Å²) in [6.07, 6.45) is 0. The van der Waals surface area contributed by atoms with Crippen LogP contribution in [0.2, 0.25) is 5.02 Å². The highest BCUT2D eigenvalue weighted by atomic mass is 35.5. The van der Waals surface area contributed by atoms with Gasteiger partial charge in [-0.05, 0) is 17.7 Å². The van der Waals surface area contributed by atoms with Crippen LogP contribution in [-0.2, 0) is 6.54 Å². The lowest BCUT2D eigenvalue weighted by Crippen LogP contribution is -2.31. The number of hydrogen-bond donors (Lipinski definition) is 0. The molecule has 0 N–H and O–H groups in total. The topological polar surface area (TPSA) is 3.24 Å². The van der Waals surface area contributed by atoms with Gasteiger partial charge in [0.05, 0.1) is 0 Å². The molecule has 1 aliphatic heterocycles. The van der Waals surface area contributed by atoms with Gasteiger partial charge in [0, 0.05) is 36.2 Å². The Kier molecular flexibility index (Phi) is 3.74. The van der Waals surface area contributed by atoms with Crippen LogP contribution in [0.25, 0.3) is 0 Å². The Morgan fingerprint density at radius 2 is 1.79 bits per heavy atom. The van der Waals surface area contributed by atoms with Crippen LogP contribution in [-0.4, -0.2) is 29.5 Å². The molecule has 0 atom stereocenters. The van der Waals surface area contributed by atoms with Crippen molar-refractivity contribution in [3.63, 3.8) is 0 Å². The number of thioether (sulfide) groups is 1. The molecule has 0 spiro atoms. The maximum Gasteiger partial charge on any atom is 0.0406 e. The second-order valence-electron chi connectivity index (χ2n) is 3.51. The van der Waals surface area contributed by atoms with Gasteiger partial charge in [-0.15, -0.1) is 0 Å². The van der Waals surface area contributed by atoms with E-state index in [1.807, 2.05) is 23.9 Å². The van der Waals surface area contributed by atoms with Gasteiger partial charge < -0.3 is 0 Å². The van der Waals surface area contributed by atoms with Gasteiger partial charge in [-0.3, -0.25) is 4.90 Å². The summed E-state index contributed by atoms with van der Waals surface area (Å²) in [6.45, 7) is 3.50. The summed E-state index contributed by atoms with van der Waals surface area (Å²) in [5.74, 6) is 2.54. The minimum atomic E-state index is 0.822. The summed E-state index contributed by atoms with van der Waals surface area (Å²) in [4.78, 5) is 2.50. The molecular formula is C11H14ClNS. The van der Waals surface area contributed by atoms with Crippen LogP contribution in [0.3, 0.4) is 0 Å². The molecule has 1 heterocycles. The molecule has 0 bridgehead atoms. The SMILES string of the molecule is Clc1ccc(CN2CCSCC2)cc1. The maximum absolute atomic E-state index is 5.84. The third-order valence-electron chi connectivity index (χ3n) is 2.42. The van der Waals surface area contributed by atoms with Crippen molar-refractivity contribution < 1.29 is 0 Å². The smallest absolute Gasteiger partial charge is 0.0406 e. The van der Waals surface area contributed by atoms with Gasteiger partial charge in [-0.25, -0.2) is 0 Å². The molecule has 1 aromatic rings. The first-order valence-corrected chi connectivity index (χ1v) is 6.42. The van der Waals surface area contributed by atoms with Crippen LogP contribution in [0.4, 0.5) is 0 Å². The lowest BCUT2D eigenvalue weighted by atomic mass is 10.2. The Hall–Kier alpha value is -0.180. The number of rotatable bonds is 2. The molecule has 1 aliphatic rings. The molecule has 2 rings (SSSR count). The Labute approximate surface area is 94.4 Å². The molecule has 0 aliphatic carbocycles. The molecule has 14 heavy (non-hydrogen) atoms. The standard InChI is InChI=1S/C11H14ClNS/c12-11-3-1-10(2-4-11)9-13-5-7-14-8-6-13/h1-4H,5-9H2. The van der Waals surface area contributed by atoms with E-state index in [0.29, 0.717) is 0 Å². The van der Waals surface area contributed by atoms with Gasteiger partial charge in [0.25, 0.3) is 0 Å². The number of nitrogens with zero attached hydrogens (tertiary/aromatic N) is 1. The van der Waals surface area contributed by atoms with Gasteiger partial charge >= 0.3 is 0 Å². The van der Waals surface area contributed by atoms with Crippen LogP contribution < -0.4 is 0 Å². The summed E-state index contributed by atoms with van der Waals surface area (Å²) >= 11 is 7.89.